The van der Waals surface area contributed by atoms with Crippen molar-refractivity contribution >= 4 is 22.8 Å². The maximum atomic E-state index is 13.6. The second-order valence-electron chi connectivity index (χ2n) is 8.52. The fourth-order valence-electron chi connectivity index (χ4n) is 4.61. The first-order chi connectivity index (χ1) is 17.5. The van der Waals surface area contributed by atoms with Crippen LogP contribution < -0.4 is 25.4 Å². The highest BCUT2D eigenvalue weighted by molar-refractivity contribution is 5.99. The van der Waals surface area contributed by atoms with Crippen molar-refractivity contribution in [2.24, 2.45) is 5.73 Å². The van der Waals surface area contributed by atoms with Gasteiger partial charge < -0.3 is 29.3 Å². The third kappa shape index (κ3) is 3.61. The summed E-state index contributed by atoms with van der Waals surface area (Å²) in [5, 5.41) is 0.403. The summed E-state index contributed by atoms with van der Waals surface area (Å²) in [6, 6.07) is 18.5. The SMILES string of the molecule is NC(=O)COc1ccc([C@H]2c3c(oc4ccccc4c3=O)C(=O)N2Cc2ccc3c(c2)OCO3)cc1. The maximum Gasteiger partial charge on any atom is 0.291 e. The Balaban J connectivity index is 1.44. The van der Waals surface area contributed by atoms with Crippen LogP contribution in [0.1, 0.15) is 33.3 Å². The summed E-state index contributed by atoms with van der Waals surface area (Å²) in [4.78, 5) is 39.9. The Hall–Kier alpha value is -4.79. The summed E-state index contributed by atoms with van der Waals surface area (Å²) in [7, 11) is 0. The van der Waals surface area contributed by atoms with Gasteiger partial charge in [-0.2, -0.15) is 0 Å². The minimum absolute atomic E-state index is 0.0264. The number of carbonyl (C=O) groups is 2. The third-order valence-electron chi connectivity index (χ3n) is 6.24. The first-order valence-electron chi connectivity index (χ1n) is 11.3. The van der Waals surface area contributed by atoms with Gasteiger partial charge in [-0.25, -0.2) is 0 Å². The van der Waals surface area contributed by atoms with E-state index in [4.69, 9.17) is 24.4 Å². The Morgan fingerprint density at radius 1 is 1.00 bits per heavy atom. The highest BCUT2D eigenvalue weighted by Gasteiger charge is 2.42. The molecule has 0 aliphatic carbocycles. The van der Waals surface area contributed by atoms with Crippen LogP contribution in [0.2, 0.25) is 0 Å². The van der Waals surface area contributed by atoms with E-state index in [2.05, 4.69) is 0 Å². The van der Waals surface area contributed by atoms with Gasteiger partial charge in [0, 0.05) is 6.54 Å². The molecule has 1 aromatic heterocycles. The number of ether oxygens (including phenoxy) is 3. The lowest BCUT2D eigenvalue weighted by atomic mass is 9.98. The molecule has 180 valence electrons. The van der Waals surface area contributed by atoms with Gasteiger partial charge in [-0.05, 0) is 47.5 Å². The molecule has 6 rings (SSSR count). The van der Waals surface area contributed by atoms with E-state index < -0.39 is 11.9 Å². The predicted molar refractivity (Wildman–Crippen MR) is 128 cm³/mol. The van der Waals surface area contributed by atoms with Crippen molar-refractivity contribution < 1.29 is 28.2 Å². The number of rotatable bonds is 6. The van der Waals surface area contributed by atoms with Crippen molar-refractivity contribution in [2.75, 3.05) is 13.4 Å². The molecule has 9 nitrogen and oxygen atoms in total. The highest BCUT2D eigenvalue weighted by Crippen LogP contribution is 2.40. The molecule has 2 aliphatic heterocycles. The standard InChI is InChI=1S/C27H20N2O7/c28-22(30)13-33-17-8-6-16(7-9-17)24-23-25(31)18-3-1-2-4-19(18)36-26(23)27(32)29(24)12-15-5-10-20-21(11-15)35-14-34-20/h1-11,24H,12-14H2,(H2,28,30)/t24-/m0/s1. The van der Waals surface area contributed by atoms with Gasteiger partial charge in [-0.3, -0.25) is 14.4 Å². The zero-order valence-electron chi connectivity index (χ0n) is 18.9. The van der Waals surface area contributed by atoms with Crippen molar-refractivity contribution in [3.05, 3.63) is 99.4 Å². The van der Waals surface area contributed by atoms with E-state index in [-0.39, 0.29) is 42.6 Å². The Kier molecular flexibility index (Phi) is 5.10. The van der Waals surface area contributed by atoms with Crippen LogP contribution >= 0.6 is 0 Å². The molecule has 1 atom stereocenters. The number of hydrogen-bond acceptors (Lipinski definition) is 7. The molecule has 36 heavy (non-hydrogen) atoms. The van der Waals surface area contributed by atoms with E-state index >= 15 is 0 Å². The van der Waals surface area contributed by atoms with Gasteiger partial charge in [0.2, 0.25) is 12.6 Å². The Labute approximate surface area is 204 Å². The Morgan fingerprint density at radius 2 is 1.78 bits per heavy atom. The maximum absolute atomic E-state index is 13.6. The highest BCUT2D eigenvalue weighted by atomic mass is 16.7. The quantitative estimate of drug-likeness (QED) is 0.446. The fraction of sp³-hybridized carbons (Fsp3) is 0.148. The molecule has 0 fully saturated rings. The molecule has 0 bridgehead atoms. The van der Waals surface area contributed by atoms with Crippen molar-refractivity contribution in [1.29, 1.82) is 0 Å². The van der Waals surface area contributed by atoms with E-state index in [0.717, 1.165) is 5.56 Å². The van der Waals surface area contributed by atoms with Crippen LogP contribution in [0.3, 0.4) is 0 Å². The molecule has 0 unspecified atom stereocenters. The minimum atomic E-state index is -0.691. The smallest absolute Gasteiger partial charge is 0.291 e. The lowest BCUT2D eigenvalue weighted by molar-refractivity contribution is -0.119. The minimum Gasteiger partial charge on any atom is -0.484 e. The molecule has 0 saturated heterocycles. The lowest BCUT2D eigenvalue weighted by Crippen LogP contribution is -2.29. The van der Waals surface area contributed by atoms with Crippen LogP contribution in [0, 0.1) is 0 Å². The molecule has 0 radical (unpaired) electrons. The van der Waals surface area contributed by atoms with Crippen LogP contribution in [-0.4, -0.2) is 30.1 Å². The van der Waals surface area contributed by atoms with Crippen LogP contribution in [-0.2, 0) is 11.3 Å². The van der Waals surface area contributed by atoms with Crippen molar-refractivity contribution in [2.45, 2.75) is 12.6 Å². The van der Waals surface area contributed by atoms with E-state index in [1.807, 2.05) is 12.1 Å². The summed E-state index contributed by atoms with van der Waals surface area (Å²) in [5.74, 6) is 0.733. The summed E-state index contributed by atoms with van der Waals surface area (Å²) < 4.78 is 22.2. The normalized spacial score (nSPS) is 15.8. The second kappa shape index (κ2) is 8.46. The molecule has 4 aromatic rings. The third-order valence-corrected chi connectivity index (χ3v) is 6.24. The topological polar surface area (TPSA) is 121 Å². The molecule has 2 N–H and O–H groups in total. The Bertz CT molecular complexity index is 1580. The summed E-state index contributed by atoms with van der Waals surface area (Å²) in [6.45, 7) is 0.0979. The molecule has 9 heteroatoms. The van der Waals surface area contributed by atoms with Crippen molar-refractivity contribution in [1.82, 2.24) is 4.90 Å². The van der Waals surface area contributed by atoms with Gasteiger partial charge in [-0.15, -0.1) is 0 Å². The predicted octanol–water partition coefficient (Wildman–Crippen LogP) is 3.13. The van der Waals surface area contributed by atoms with Crippen molar-refractivity contribution in [3.8, 4) is 17.2 Å². The Morgan fingerprint density at radius 3 is 2.58 bits per heavy atom. The molecule has 3 aromatic carbocycles. The van der Waals surface area contributed by atoms with Crippen LogP contribution in [0.4, 0.5) is 0 Å². The molecule has 0 saturated carbocycles. The first-order valence-corrected chi connectivity index (χ1v) is 11.3. The fourth-order valence-corrected chi connectivity index (χ4v) is 4.61. The van der Waals surface area contributed by atoms with Crippen LogP contribution in [0.15, 0.2) is 75.9 Å². The zero-order valence-corrected chi connectivity index (χ0v) is 18.9. The van der Waals surface area contributed by atoms with Gasteiger partial charge in [0.1, 0.15) is 11.3 Å². The second-order valence-corrected chi connectivity index (χ2v) is 8.52. The van der Waals surface area contributed by atoms with Crippen molar-refractivity contribution in [3.63, 3.8) is 0 Å². The molecular weight excluding hydrogens is 464 g/mol. The molecule has 0 spiro atoms. The number of nitrogens with two attached hydrogens (primary N) is 1. The van der Waals surface area contributed by atoms with E-state index in [9.17, 15) is 14.4 Å². The molecule has 3 heterocycles. The van der Waals surface area contributed by atoms with E-state index in [1.165, 1.54) is 0 Å². The number of hydrogen-bond donors (Lipinski definition) is 1. The number of primary amides is 1. The van der Waals surface area contributed by atoms with Gasteiger partial charge >= 0.3 is 0 Å². The lowest BCUT2D eigenvalue weighted by Gasteiger charge is -2.25. The van der Waals surface area contributed by atoms with E-state index in [1.54, 1.807) is 59.5 Å². The molecule has 2 aliphatic rings. The molecular formula is C27H20N2O7. The van der Waals surface area contributed by atoms with Gasteiger partial charge in [0.25, 0.3) is 11.8 Å². The number of benzene rings is 3. The number of nitrogens with zero attached hydrogens (tertiary/aromatic N) is 1. The summed E-state index contributed by atoms with van der Waals surface area (Å²) in [5.41, 5.74) is 7.04. The number of carbonyl (C=O) groups excluding carboxylic acids is 2. The monoisotopic (exact) mass is 484 g/mol. The molecule has 2 amide bonds. The average molecular weight is 484 g/mol. The number of para-hydroxylation sites is 1. The first kappa shape index (κ1) is 21.7. The number of amides is 2. The largest absolute Gasteiger partial charge is 0.484 e. The average Bonchev–Trinajstić information content (AvgIpc) is 3.46. The van der Waals surface area contributed by atoms with Gasteiger partial charge in [-0.1, -0.05) is 30.3 Å². The van der Waals surface area contributed by atoms with Crippen LogP contribution in [0.25, 0.3) is 11.0 Å². The summed E-state index contributed by atoms with van der Waals surface area (Å²) in [6.07, 6.45) is 0. The van der Waals surface area contributed by atoms with Gasteiger partial charge in [0.15, 0.2) is 23.5 Å². The van der Waals surface area contributed by atoms with Crippen LogP contribution in [0.5, 0.6) is 17.2 Å². The van der Waals surface area contributed by atoms with Gasteiger partial charge in [0.05, 0.1) is 17.0 Å². The zero-order chi connectivity index (χ0) is 24.8. The number of fused-ring (bicyclic) bond motifs is 3. The summed E-state index contributed by atoms with van der Waals surface area (Å²) >= 11 is 0. The van der Waals surface area contributed by atoms with E-state index in [0.29, 0.717) is 33.8 Å².